The lowest BCUT2D eigenvalue weighted by molar-refractivity contribution is 0.463. The first-order valence-corrected chi connectivity index (χ1v) is 5.42. The molecule has 1 fully saturated rings. The van der Waals surface area contributed by atoms with Crippen LogP contribution in [0.15, 0.2) is 12.4 Å². The van der Waals surface area contributed by atoms with E-state index in [0.717, 1.165) is 6.54 Å². The average molecular weight is 193 g/mol. The summed E-state index contributed by atoms with van der Waals surface area (Å²) in [7, 11) is 1.98. The molecule has 0 aromatic carbocycles. The number of nitrogens with one attached hydrogen (secondary N) is 1. The van der Waals surface area contributed by atoms with Crippen LogP contribution in [0.5, 0.6) is 0 Å². The van der Waals surface area contributed by atoms with Gasteiger partial charge in [0.05, 0.1) is 6.20 Å². The molecule has 3 nitrogen and oxygen atoms in total. The molecule has 1 aliphatic carbocycles. The van der Waals surface area contributed by atoms with Crippen molar-refractivity contribution in [1.82, 2.24) is 15.1 Å². The standard InChI is InChI=1S/C11H19N3/c1-3-12-9-11(4-5-11)6-10-7-13-14(2)8-10/h7-8,12H,3-6,9H2,1-2H3. The molecule has 1 saturated carbocycles. The maximum absolute atomic E-state index is 4.21. The lowest BCUT2D eigenvalue weighted by Gasteiger charge is -2.13. The van der Waals surface area contributed by atoms with E-state index >= 15 is 0 Å². The molecule has 0 amide bonds. The minimum Gasteiger partial charge on any atom is -0.316 e. The third-order valence-electron chi connectivity index (χ3n) is 3.04. The summed E-state index contributed by atoms with van der Waals surface area (Å²) in [4.78, 5) is 0. The molecule has 0 aliphatic heterocycles. The van der Waals surface area contributed by atoms with Gasteiger partial charge in [-0.3, -0.25) is 4.68 Å². The quantitative estimate of drug-likeness (QED) is 0.765. The van der Waals surface area contributed by atoms with Crippen LogP contribution in [-0.4, -0.2) is 22.9 Å². The smallest absolute Gasteiger partial charge is 0.0521 e. The van der Waals surface area contributed by atoms with Crippen molar-refractivity contribution in [3.63, 3.8) is 0 Å². The van der Waals surface area contributed by atoms with Gasteiger partial charge in [0, 0.05) is 19.8 Å². The van der Waals surface area contributed by atoms with Gasteiger partial charge in [-0.25, -0.2) is 0 Å². The van der Waals surface area contributed by atoms with E-state index in [9.17, 15) is 0 Å². The van der Waals surface area contributed by atoms with Crippen LogP contribution in [0.1, 0.15) is 25.3 Å². The molecule has 14 heavy (non-hydrogen) atoms. The van der Waals surface area contributed by atoms with Crippen molar-refractivity contribution in [2.75, 3.05) is 13.1 Å². The van der Waals surface area contributed by atoms with E-state index in [0.29, 0.717) is 5.41 Å². The van der Waals surface area contributed by atoms with Crippen LogP contribution >= 0.6 is 0 Å². The zero-order valence-corrected chi connectivity index (χ0v) is 9.08. The Morgan fingerprint density at radius 2 is 2.36 bits per heavy atom. The van der Waals surface area contributed by atoms with Crippen LogP contribution < -0.4 is 5.32 Å². The second-order valence-electron chi connectivity index (χ2n) is 4.48. The van der Waals surface area contributed by atoms with E-state index in [1.54, 1.807) is 0 Å². The van der Waals surface area contributed by atoms with E-state index in [1.807, 2.05) is 17.9 Å². The first kappa shape index (κ1) is 9.71. The lowest BCUT2D eigenvalue weighted by atomic mass is 9.99. The molecule has 1 aliphatic rings. The van der Waals surface area contributed by atoms with Gasteiger partial charge in [-0.05, 0) is 36.8 Å². The number of hydrogen-bond acceptors (Lipinski definition) is 2. The molecule has 2 rings (SSSR count). The molecule has 1 aromatic rings. The van der Waals surface area contributed by atoms with Crippen molar-refractivity contribution in [1.29, 1.82) is 0 Å². The Morgan fingerprint density at radius 3 is 2.86 bits per heavy atom. The SMILES string of the molecule is CCNCC1(Cc2cnn(C)c2)CC1. The summed E-state index contributed by atoms with van der Waals surface area (Å²) in [5.74, 6) is 0. The van der Waals surface area contributed by atoms with E-state index in [2.05, 4.69) is 23.5 Å². The highest BCUT2D eigenvalue weighted by Crippen LogP contribution is 2.47. The number of hydrogen-bond donors (Lipinski definition) is 1. The predicted molar refractivity (Wildman–Crippen MR) is 57.1 cm³/mol. The maximum atomic E-state index is 4.21. The van der Waals surface area contributed by atoms with Crippen LogP contribution in [0.4, 0.5) is 0 Å². The van der Waals surface area contributed by atoms with Gasteiger partial charge in [0.2, 0.25) is 0 Å². The average Bonchev–Trinajstić information content (AvgIpc) is 2.81. The first-order valence-electron chi connectivity index (χ1n) is 5.42. The van der Waals surface area contributed by atoms with Gasteiger partial charge in [-0.15, -0.1) is 0 Å². The van der Waals surface area contributed by atoms with Gasteiger partial charge < -0.3 is 5.32 Å². The van der Waals surface area contributed by atoms with Crippen LogP contribution in [0.2, 0.25) is 0 Å². The molecular formula is C11H19N3. The normalized spacial score (nSPS) is 18.4. The van der Waals surface area contributed by atoms with E-state index < -0.39 is 0 Å². The summed E-state index contributed by atoms with van der Waals surface area (Å²) in [5.41, 5.74) is 1.93. The molecule has 1 heterocycles. The van der Waals surface area contributed by atoms with Crippen molar-refractivity contribution < 1.29 is 0 Å². The molecule has 78 valence electrons. The largest absolute Gasteiger partial charge is 0.316 e. The molecule has 0 bridgehead atoms. The second kappa shape index (κ2) is 3.73. The minimum atomic E-state index is 0.555. The molecule has 0 spiro atoms. The van der Waals surface area contributed by atoms with E-state index in [1.165, 1.54) is 31.4 Å². The van der Waals surface area contributed by atoms with Gasteiger partial charge in [-0.2, -0.15) is 5.10 Å². The molecule has 3 heteroatoms. The Morgan fingerprint density at radius 1 is 1.57 bits per heavy atom. The van der Waals surface area contributed by atoms with Crippen LogP contribution in [0, 0.1) is 5.41 Å². The van der Waals surface area contributed by atoms with Crippen LogP contribution in [-0.2, 0) is 13.5 Å². The number of aryl methyl sites for hydroxylation is 1. The fraction of sp³-hybridized carbons (Fsp3) is 0.727. The molecule has 1 aromatic heterocycles. The van der Waals surface area contributed by atoms with E-state index in [-0.39, 0.29) is 0 Å². The highest BCUT2D eigenvalue weighted by Gasteiger charge is 2.41. The van der Waals surface area contributed by atoms with Gasteiger partial charge >= 0.3 is 0 Å². The predicted octanol–water partition coefficient (Wildman–Crippen LogP) is 1.35. The fourth-order valence-electron chi connectivity index (χ4n) is 1.98. The van der Waals surface area contributed by atoms with Gasteiger partial charge in [0.1, 0.15) is 0 Å². The highest BCUT2D eigenvalue weighted by atomic mass is 15.2. The number of rotatable bonds is 5. The van der Waals surface area contributed by atoms with Crippen molar-refractivity contribution in [2.24, 2.45) is 12.5 Å². The highest BCUT2D eigenvalue weighted by molar-refractivity contribution is 5.12. The molecule has 0 radical (unpaired) electrons. The number of nitrogens with zero attached hydrogens (tertiary/aromatic N) is 2. The number of aromatic nitrogens is 2. The third kappa shape index (κ3) is 2.15. The third-order valence-corrected chi connectivity index (χ3v) is 3.04. The Labute approximate surface area is 85.5 Å². The Hall–Kier alpha value is -0.830. The first-order chi connectivity index (χ1) is 6.74. The van der Waals surface area contributed by atoms with Crippen molar-refractivity contribution >= 4 is 0 Å². The van der Waals surface area contributed by atoms with Crippen LogP contribution in [0.25, 0.3) is 0 Å². The topological polar surface area (TPSA) is 29.9 Å². The molecular weight excluding hydrogens is 174 g/mol. The van der Waals surface area contributed by atoms with Crippen molar-refractivity contribution in [3.05, 3.63) is 18.0 Å². The minimum absolute atomic E-state index is 0.555. The molecule has 0 atom stereocenters. The summed E-state index contributed by atoms with van der Waals surface area (Å²) in [5, 5.41) is 7.66. The molecule has 1 N–H and O–H groups in total. The Kier molecular flexibility index (Phi) is 2.59. The van der Waals surface area contributed by atoms with Gasteiger partial charge in [0.25, 0.3) is 0 Å². The Balaban J connectivity index is 1.90. The van der Waals surface area contributed by atoms with Crippen molar-refractivity contribution in [3.8, 4) is 0 Å². The van der Waals surface area contributed by atoms with Crippen molar-refractivity contribution in [2.45, 2.75) is 26.2 Å². The van der Waals surface area contributed by atoms with Gasteiger partial charge in [0.15, 0.2) is 0 Å². The zero-order valence-electron chi connectivity index (χ0n) is 9.08. The summed E-state index contributed by atoms with van der Waals surface area (Å²) in [6.07, 6.45) is 8.05. The van der Waals surface area contributed by atoms with E-state index in [4.69, 9.17) is 0 Å². The van der Waals surface area contributed by atoms with Crippen LogP contribution in [0.3, 0.4) is 0 Å². The van der Waals surface area contributed by atoms with Gasteiger partial charge in [-0.1, -0.05) is 6.92 Å². The Bertz CT molecular complexity index is 299. The summed E-state index contributed by atoms with van der Waals surface area (Å²) in [6.45, 7) is 4.41. The summed E-state index contributed by atoms with van der Waals surface area (Å²) >= 11 is 0. The molecule has 0 saturated heterocycles. The monoisotopic (exact) mass is 193 g/mol. The second-order valence-corrected chi connectivity index (χ2v) is 4.48. The molecule has 0 unspecified atom stereocenters. The zero-order chi connectivity index (χ0) is 10.0. The summed E-state index contributed by atoms with van der Waals surface area (Å²) in [6, 6.07) is 0. The summed E-state index contributed by atoms with van der Waals surface area (Å²) < 4.78 is 1.89. The maximum Gasteiger partial charge on any atom is 0.0521 e. The lowest BCUT2D eigenvalue weighted by Crippen LogP contribution is -2.25. The fourth-order valence-corrected chi connectivity index (χ4v) is 1.98.